The van der Waals surface area contributed by atoms with Crippen LogP contribution < -0.4 is 5.32 Å². The van der Waals surface area contributed by atoms with E-state index in [-0.39, 0.29) is 11.8 Å². The zero-order valence-corrected chi connectivity index (χ0v) is 18.1. The lowest BCUT2D eigenvalue weighted by Crippen LogP contribution is -2.45. The van der Waals surface area contributed by atoms with Gasteiger partial charge < -0.3 is 10.2 Å². The van der Waals surface area contributed by atoms with Crippen molar-refractivity contribution in [3.8, 4) is 10.4 Å². The molecule has 0 unspecified atom stereocenters. The van der Waals surface area contributed by atoms with Gasteiger partial charge in [0.05, 0.1) is 21.0 Å². The third-order valence-electron chi connectivity index (χ3n) is 5.23. The molecule has 1 N–H and O–H groups in total. The summed E-state index contributed by atoms with van der Waals surface area (Å²) in [6, 6.07) is 11.5. The summed E-state index contributed by atoms with van der Waals surface area (Å²) in [5, 5.41) is 4.91. The molecule has 2 amide bonds. The van der Waals surface area contributed by atoms with Gasteiger partial charge in [0.15, 0.2) is 0 Å². The van der Waals surface area contributed by atoms with E-state index in [0.717, 1.165) is 16.8 Å². The van der Waals surface area contributed by atoms with Gasteiger partial charge >= 0.3 is 0 Å². The molecular weight excluding hydrogens is 402 g/mol. The van der Waals surface area contributed by atoms with Crippen LogP contribution in [0.4, 0.5) is 0 Å². The second-order valence-corrected chi connectivity index (χ2v) is 9.28. The van der Waals surface area contributed by atoms with Crippen molar-refractivity contribution in [1.82, 2.24) is 15.2 Å². The summed E-state index contributed by atoms with van der Waals surface area (Å²) in [5.41, 5.74) is 5.05. The highest BCUT2D eigenvalue weighted by Gasteiger charge is 2.38. The van der Waals surface area contributed by atoms with Gasteiger partial charge in [0, 0.05) is 13.1 Å². The average molecular weight is 426 g/mol. The Bertz CT molecular complexity index is 996. The predicted octanol–water partition coefficient (Wildman–Crippen LogP) is 4.35. The molecule has 29 heavy (non-hydrogen) atoms. The molecule has 1 saturated heterocycles. The largest absolute Gasteiger partial charge is 0.350 e. The third-order valence-corrected chi connectivity index (χ3v) is 7.07. The zero-order valence-electron chi connectivity index (χ0n) is 16.4. The molecule has 1 aliphatic rings. The van der Waals surface area contributed by atoms with Crippen molar-refractivity contribution in [2.24, 2.45) is 5.92 Å². The molecule has 3 aromatic rings. The number of benzene rings is 1. The van der Waals surface area contributed by atoms with Crippen molar-refractivity contribution >= 4 is 34.5 Å². The first-order valence-corrected chi connectivity index (χ1v) is 11.4. The third kappa shape index (κ3) is 4.26. The van der Waals surface area contributed by atoms with Crippen LogP contribution in [0, 0.1) is 12.8 Å². The molecule has 2 aromatic heterocycles. The molecule has 5 nitrogen and oxygen atoms in total. The minimum Gasteiger partial charge on any atom is -0.350 e. The summed E-state index contributed by atoms with van der Waals surface area (Å²) in [6.45, 7) is 5.17. The first kappa shape index (κ1) is 19.8. The van der Waals surface area contributed by atoms with Crippen LogP contribution in [0.2, 0.25) is 0 Å². The van der Waals surface area contributed by atoms with Crippen LogP contribution in [-0.2, 0) is 11.3 Å². The lowest BCUT2D eigenvalue weighted by Gasteiger charge is -2.23. The molecule has 4 rings (SSSR count). The monoisotopic (exact) mass is 425 g/mol. The number of likely N-dealkylation sites (tertiary alicyclic amines) is 1. The molecule has 3 heterocycles. The van der Waals surface area contributed by atoms with Crippen LogP contribution >= 0.6 is 22.7 Å². The molecule has 1 aromatic carbocycles. The minimum atomic E-state index is -0.404. The summed E-state index contributed by atoms with van der Waals surface area (Å²) in [7, 11) is 0. The Labute approximate surface area is 178 Å². The number of hydrogen-bond donors (Lipinski definition) is 1. The summed E-state index contributed by atoms with van der Waals surface area (Å²) in [5.74, 6) is 0.187. The number of rotatable bonds is 5. The van der Waals surface area contributed by atoms with Crippen LogP contribution in [0.1, 0.15) is 34.3 Å². The highest BCUT2D eigenvalue weighted by molar-refractivity contribution is 7.13. The fourth-order valence-corrected chi connectivity index (χ4v) is 5.21. The molecule has 7 heteroatoms. The topological polar surface area (TPSA) is 62.3 Å². The first-order chi connectivity index (χ1) is 14.0. The van der Waals surface area contributed by atoms with E-state index in [4.69, 9.17) is 0 Å². The van der Waals surface area contributed by atoms with Crippen LogP contribution in [0.15, 0.2) is 47.3 Å². The quantitative estimate of drug-likeness (QED) is 0.661. The van der Waals surface area contributed by atoms with Gasteiger partial charge in [0.2, 0.25) is 5.91 Å². The highest BCUT2D eigenvalue weighted by atomic mass is 32.1. The molecule has 1 aliphatic heterocycles. The Kier molecular flexibility index (Phi) is 5.78. The SMILES string of the molecule is Cc1ncsc1-c1ccc(CNC(=O)[C@@H]2C[C@@H](C)CN2C(=O)c2cccs2)cc1. The van der Waals surface area contributed by atoms with E-state index in [1.807, 2.05) is 42.1 Å². The summed E-state index contributed by atoms with van der Waals surface area (Å²) < 4.78 is 0. The second-order valence-electron chi connectivity index (χ2n) is 7.47. The summed E-state index contributed by atoms with van der Waals surface area (Å²) >= 11 is 3.05. The van der Waals surface area contributed by atoms with Gasteiger partial charge in [-0.2, -0.15) is 0 Å². The van der Waals surface area contributed by atoms with Gasteiger partial charge in [0.25, 0.3) is 5.91 Å². The number of carbonyl (C=O) groups is 2. The van der Waals surface area contributed by atoms with Crippen LogP contribution in [0.5, 0.6) is 0 Å². The van der Waals surface area contributed by atoms with E-state index in [1.165, 1.54) is 16.2 Å². The second kappa shape index (κ2) is 8.47. The van der Waals surface area contributed by atoms with Gasteiger partial charge in [-0.1, -0.05) is 37.3 Å². The van der Waals surface area contributed by atoms with Crippen LogP contribution in [0.3, 0.4) is 0 Å². The van der Waals surface area contributed by atoms with Gasteiger partial charge in [-0.3, -0.25) is 9.59 Å². The molecule has 150 valence electrons. The molecule has 1 fully saturated rings. The van der Waals surface area contributed by atoms with Crippen molar-refractivity contribution in [3.63, 3.8) is 0 Å². The van der Waals surface area contributed by atoms with Gasteiger partial charge in [-0.15, -0.1) is 22.7 Å². The highest BCUT2D eigenvalue weighted by Crippen LogP contribution is 2.28. The average Bonchev–Trinajstić information content (AvgIpc) is 3.47. The van der Waals surface area contributed by atoms with E-state index in [9.17, 15) is 9.59 Å². The van der Waals surface area contributed by atoms with Gasteiger partial charge in [-0.05, 0) is 41.8 Å². The Balaban J connectivity index is 1.39. The van der Waals surface area contributed by atoms with E-state index >= 15 is 0 Å². The number of thiophene rings is 1. The number of amides is 2. The van der Waals surface area contributed by atoms with Crippen molar-refractivity contribution in [1.29, 1.82) is 0 Å². The van der Waals surface area contributed by atoms with E-state index in [1.54, 1.807) is 16.2 Å². The van der Waals surface area contributed by atoms with Crippen LogP contribution in [0.25, 0.3) is 10.4 Å². The summed E-state index contributed by atoms with van der Waals surface area (Å²) in [4.78, 5) is 33.5. The Morgan fingerprint density at radius 2 is 2.00 bits per heavy atom. The Morgan fingerprint density at radius 3 is 2.66 bits per heavy atom. The standard InChI is InChI=1S/C22H23N3O2S2/c1-14-10-18(25(12-14)22(27)19-4-3-9-28-19)21(26)23-11-16-5-7-17(8-6-16)20-15(2)24-13-29-20/h3-9,13-14,18H,10-12H2,1-2H3,(H,23,26)/t14-,18+/m1/s1. The van der Waals surface area contributed by atoms with Crippen molar-refractivity contribution < 1.29 is 9.59 Å². The van der Waals surface area contributed by atoms with Crippen molar-refractivity contribution in [2.75, 3.05) is 6.54 Å². The maximum Gasteiger partial charge on any atom is 0.264 e. The molecule has 0 bridgehead atoms. The molecule has 2 atom stereocenters. The lowest BCUT2D eigenvalue weighted by atomic mass is 10.1. The number of carbonyl (C=O) groups excluding carboxylic acids is 2. The maximum atomic E-state index is 12.8. The molecular formula is C22H23N3O2S2. The van der Waals surface area contributed by atoms with E-state index in [0.29, 0.717) is 30.3 Å². The molecule has 0 radical (unpaired) electrons. The number of hydrogen-bond acceptors (Lipinski definition) is 5. The number of thiazole rings is 1. The number of aromatic nitrogens is 1. The number of aryl methyl sites for hydroxylation is 1. The Hall–Kier alpha value is -2.51. The first-order valence-electron chi connectivity index (χ1n) is 9.64. The van der Waals surface area contributed by atoms with E-state index < -0.39 is 6.04 Å². The van der Waals surface area contributed by atoms with Crippen molar-refractivity contribution in [3.05, 3.63) is 63.4 Å². The lowest BCUT2D eigenvalue weighted by molar-refractivity contribution is -0.125. The molecule has 0 saturated carbocycles. The van der Waals surface area contributed by atoms with Gasteiger partial charge in [0.1, 0.15) is 6.04 Å². The molecule has 0 aliphatic carbocycles. The smallest absolute Gasteiger partial charge is 0.264 e. The van der Waals surface area contributed by atoms with Gasteiger partial charge in [-0.25, -0.2) is 4.98 Å². The minimum absolute atomic E-state index is 0.0474. The Morgan fingerprint density at radius 1 is 1.21 bits per heavy atom. The zero-order chi connectivity index (χ0) is 20.4. The van der Waals surface area contributed by atoms with Crippen LogP contribution in [-0.4, -0.2) is 34.3 Å². The fourth-order valence-electron chi connectivity index (χ4n) is 3.72. The maximum absolute atomic E-state index is 12.8. The predicted molar refractivity (Wildman–Crippen MR) is 117 cm³/mol. The molecule has 0 spiro atoms. The number of nitrogens with one attached hydrogen (secondary N) is 1. The fraction of sp³-hybridized carbons (Fsp3) is 0.318. The van der Waals surface area contributed by atoms with E-state index in [2.05, 4.69) is 29.4 Å². The summed E-state index contributed by atoms with van der Waals surface area (Å²) in [6.07, 6.45) is 0.701. The van der Waals surface area contributed by atoms with Crippen molar-refractivity contribution in [2.45, 2.75) is 32.9 Å². The normalized spacial score (nSPS) is 18.8. The number of nitrogens with zero attached hydrogens (tertiary/aromatic N) is 2.